The number of carbonyl (C=O) groups is 2. The molecule has 106 valence electrons. The minimum absolute atomic E-state index is 0.000993. The summed E-state index contributed by atoms with van der Waals surface area (Å²) in [6.45, 7) is 3.39. The fourth-order valence-electron chi connectivity index (χ4n) is 3.99. The summed E-state index contributed by atoms with van der Waals surface area (Å²) in [4.78, 5) is 26.6. The van der Waals surface area contributed by atoms with Gasteiger partial charge in [0.25, 0.3) is 0 Å². The van der Waals surface area contributed by atoms with Crippen LogP contribution in [0.15, 0.2) is 0 Å². The molecule has 0 bridgehead atoms. The van der Waals surface area contributed by atoms with Gasteiger partial charge >= 0.3 is 0 Å². The number of carbonyl (C=O) groups excluding carboxylic acids is 2. The summed E-state index contributed by atoms with van der Waals surface area (Å²) in [5.74, 6) is 0.283. The summed E-state index contributed by atoms with van der Waals surface area (Å²) in [5.41, 5.74) is 5.73. The van der Waals surface area contributed by atoms with E-state index in [-0.39, 0.29) is 29.8 Å². The van der Waals surface area contributed by atoms with E-state index in [1.54, 1.807) is 0 Å². The van der Waals surface area contributed by atoms with Gasteiger partial charge in [-0.05, 0) is 32.6 Å². The zero-order valence-electron chi connectivity index (χ0n) is 11.5. The monoisotopic (exact) mass is 265 g/mol. The van der Waals surface area contributed by atoms with Gasteiger partial charge < -0.3 is 16.0 Å². The van der Waals surface area contributed by atoms with Crippen LogP contribution < -0.4 is 11.1 Å². The van der Waals surface area contributed by atoms with Crippen LogP contribution >= 0.6 is 0 Å². The first kappa shape index (κ1) is 12.9. The quantitative estimate of drug-likeness (QED) is 0.713. The standard InChI is InChI=1S/C14H23N3O2/c1-14(6-2-5-11(14)15)13(19)17-7-3-4-9-10(17)8-16-12(9)18/h9-11H,2-8,15H2,1H3,(H,16,18). The maximum Gasteiger partial charge on any atom is 0.230 e. The van der Waals surface area contributed by atoms with Gasteiger partial charge in [-0.15, -0.1) is 0 Å². The Hall–Kier alpha value is -1.10. The zero-order chi connectivity index (χ0) is 13.6. The van der Waals surface area contributed by atoms with Crippen LogP contribution in [0, 0.1) is 11.3 Å². The molecule has 0 spiro atoms. The second-order valence-corrected chi connectivity index (χ2v) is 6.48. The van der Waals surface area contributed by atoms with Gasteiger partial charge in [-0.2, -0.15) is 0 Å². The van der Waals surface area contributed by atoms with Gasteiger partial charge in [-0.25, -0.2) is 0 Å². The number of hydrogen-bond acceptors (Lipinski definition) is 3. The highest BCUT2D eigenvalue weighted by Crippen LogP contribution is 2.40. The summed E-state index contributed by atoms with van der Waals surface area (Å²) >= 11 is 0. The molecule has 19 heavy (non-hydrogen) atoms. The molecule has 0 aromatic carbocycles. The number of hydrogen-bond donors (Lipinski definition) is 2. The van der Waals surface area contributed by atoms with Gasteiger partial charge in [-0.1, -0.05) is 6.42 Å². The maximum absolute atomic E-state index is 12.9. The van der Waals surface area contributed by atoms with E-state index in [9.17, 15) is 9.59 Å². The molecule has 0 aromatic rings. The van der Waals surface area contributed by atoms with Gasteiger partial charge in [0, 0.05) is 19.1 Å². The Morgan fingerprint density at radius 1 is 1.42 bits per heavy atom. The Labute approximate surface area is 113 Å². The van der Waals surface area contributed by atoms with Crippen LogP contribution in [-0.2, 0) is 9.59 Å². The number of nitrogens with two attached hydrogens (primary N) is 1. The molecule has 0 aromatic heterocycles. The normalized spacial score (nSPS) is 42.1. The lowest BCUT2D eigenvalue weighted by Crippen LogP contribution is -2.56. The van der Waals surface area contributed by atoms with Crippen molar-refractivity contribution in [3.63, 3.8) is 0 Å². The van der Waals surface area contributed by atoms with Crippen molar-refractivity contribution in [1.29, 1.82) is 0 Å². The van der Waals surface area contributed by atoms with E-state index in [2.05, 4.69) is 5.32 Å². The van der Waals surface area contributed by atoms with Crippen molar-refractivity contribution in [2.45, 2.75) is 51.1 Å². The smallest absolute Gasteiger partial charge is 0.230 e. The Morgan fingerprint density at radius 2 is 2.21 bits per heavy atom. The van der Waals surface area contributed by atoms with Crippen LogP contribution in [0.4, 0.5) is 0 Å². The predicted octanol–water partition coefficient (Wildman–Crippen LogP) is 0.241. The molecule has 2 aliphatic heterocycles. The fourth-order valence-corrected chi connectivity index (χ4v) is 3.99. The fraction of sp³-hybridized carbons (Fsp3) is 0.857. The van der Waals surface area contributed by atoms with Crippen molar-refractivity contribution in [1.82, 2.24) is 10.2 Å². The maximum atomic E-state index is 12.9. The molecule has 5 nitrogen and oxygen atoms in total. The average Bonchev–Trinajstić information content (AvgIpc) is 2.94. The second-order valence-electron chi connectivity index (χ2n) is 6.48. The molecule has 4 unspecified atom stereocenters. The number of nitrogens with one attached hydrogen (secondary N) is 1. The third-order valence-electron chi connectivity index (χ3n) is 5.38. The molecule has 2 heterocycles. The lowest BCUT2D eigenvalue weighted by atomic mass is 9.81. The number of likely N-dealkylation sites (tertiary alicyclic amines) is 1. The van der Waals surface area contributed by atoms with Crippen LogP contribution in [0.1, 0.15) is 39.0 Å². The number of rotatable bonds is 1. The zero-order valence-corrected chi connectivity index (χ0v) is 11.5. The molecule has 3 aliphatic rings. The first-order valence-corrected chi connectivity index (χ1v) is 7.38. The van der Waals surface area contributed by atoms with E-state index in [0.29, 0.717) is 6.54 Å². The SMILES string of the molecule is CC1(C(=O)N2CCCC3C(=O)NCC32)CCCC1N. The van der Waals surface area contributed by atoms with Crippen molar-refractivity contribution >= 4 is 11.8 Å². The van der Waals surface area contributed by atoms with Gasteiger partial charge in [-0.3, -0.25) is 9.59 Å². The van der Waals surface area contributed by atoms with E-state index >= 15 is 0 Å². The number of nitrogens with zero attached hydrogens (tertiary/aromatic N) is 1. The highest BCUT2D eigenvalue weighted by Gasteiger charge is 2.50. The summed E-state index contributed by atoms with van der Waals surface area (Å²) in [6, 6.07) is 0.0174. The van der Waals surface area contributed by atoms with Crippen LogP contribution in [-0.4, -0.2) is 41.9 Å². The molecule has 5 heteroatoms. The van der Waals surface area contributed by atoms with Crippen LogP contribution in [0.2, 0.25) is 0 Å². The topological polar surface area (TPSA) is 75.4 Å². The van der Waals surface area contributed by atoms with Gasteiger partial charge in [0.15, 0.2) is 0 Å². The van der Waals surface area contributed by atoms with Crippen molar-refractivity contribution in [2.75, 3.05) is 13.1 Å². The lowest BCUT2D eigenvalue weighted by Gasteiger charge is -2.41. The Balaban J connectivity index is 1.81. The number of piperidine rings is 1. The molecule has 1 aliphatic carbocycles. The highest BCUT2D eigenvalue weighted by molar-refractivity contribution is 5.87. The average molecular weight is 265 g/mol. The van der Waals surface area contributed by atoms with Crippen LogP contribution in [0.5, 0.6) is 0 Å². The summed E-state index contributed by atoms with van der Waals surface area (Å²) in [7, 11) is 0. The lowest BCUT2D eigenvalue weighted by molar-refractivity contribution is -0.146. The first-order valence-electron chi connectivity index (χ1n) is 7.38. The molecule has 2 amide bonds. The first-order chi connectivity index (χ1) is 9.04. The predicted molar refractivity (Wildman–Crippen MR) is 71.2 cm³/mol. The van der Waals surface area contributed by atoms with Crippen molar-refractivity contribution in [2.24, 2.45) is 17.1 Å². The van der Waals surface area contributed by atoms with Crippen molar-refractivity contribution in [3.8, 4) is 0 Å². The molecule has 1 saturated carbocycles. The minimum atomic E-state index is -0.423. The van der Waals surface area contributed by atoms with Crippen molar-refractivity contribution in [3.05, 3.63) is 0 Å². The molecule has 3 fully saturated rings. The molecule has 2 saturated heterocycles. The van der Waals surface area contributed by atoms with E-state index < -0.39 is 5.41 Å². The number of amides is 2. The summed E-state index contributed by atoms with van der Waals surface area (Å²) in [6.07, 6.45) is 4.67. The summed E-state index contributed by atoms with van der Waals surface area (Å²) in [5, 5.41) is 2.90. The largest absolute Gasteiger partial charge is 0.354 e. The molecule has 4 atom stereocenters. The van der Waals surface area contributed by atoms with Crippen LogP contribution in [0.3, 0.4) is 0 Å². The van der Waals surface area contributed by atoms with E-state index in [1.807, 2.05) is 11.8 Å². The highest BCUT2D eigenvalue weighted by atomic mass is 16.2. The van der Waals surface area contributed by atoms with E-state index in [4.69, 9.17) is 5.73 Å². The molecule has 3 N–H and O–H groups in total. The Morgan fingerprint density at radius 3 is 2.89 bits per heavy atom. The minimum Gasteiger partial charge on any atom is -0.354 e. The van der Waals surface area contributed by atoms with Gasteiger partial charge in [0.2, 0.25) is 11.8 Å². The van der Waals surface area contributed by atoms with Crippen molar-refractivity contribution < 1.29 is 9.59 Å². The third kappa shape index (κ3) is 1.86. The Bertz CT molecular complexity index is 411. The van der Waals surface area contributed by atoms with Gasteiger partial charge in [0.1, 0.15) is 0 Å². The third-order valence-corrected chi connectivity index (χ3v) is 5.38. The molecular weight excluding hydrogens is 242 g/mol. The number of fused-ring (bicyclic) bond motifs is 1. The van der Waals surface area contributed by atoms with E-state index in [1.165, 1.54) is 0 Å². The van der Waals surface area contributed by atoms with Crippen LogP contribution in [0.25, 0.3) is 0 Å². The molecule has 3 rings (SSSR count). The summed E-state index contributed by atoms with van der Waals surface area (Å²) < 4.78 is 0. The Kier molecular flexibility index (Phi) is 3.04. The molecule has 0 radical (unpaired) electrons. The molecular formula is C14H23N3O2. The van der Waals surface area contributed by atoms with E-state index in [0.717, 1.165) is 38.6 Å². The van der Waals surface area contributed by atoms with Gasteiger partial charge in [0.05, 0.1) is 17.4 Å². The second kappa shape index (κ2) is 4.47.